The second kappa shape index (κ2) is 14.5. The number of nitrogens with zero attached hydrogens (tertiary/aromatic N) is 2. The van der Waals surface area contributed by atoms with E-state index in [4.69, 9.17) is 14.2 Å². The number of rotatable bonds is 13. The molecule has 5 rings (SSSR count). The van der Waals surface area contributed by atoms with Crippen molar-refractivity contribution < 1.29 is 27.6 Å². The molecule has 1 fully saturated rings. The topological polar surface area (TPSA) is 108 Å². The minimum absolute atomic E-state index is 0.0309. The van der Waals surface area contributed by atoms with Gasteiger partial charge in [-0.15, -0.1) is 0 Å². The van der Waals surface area contributed by atoms with Crippen LogP contribution in [-0.2, 0) is 44.1 Å². The fourth-order valence-electron chi connectivity index (χ4n) is 5.16. The van der Waals surface area contributed by atoms with Gasteiger partial charge in [0.25, 0.3) is 5.69 Å². The smallest absolute Gasteiger partial charge is 0.269 e. The van der Waals surface area contributed by atoms with Gasteiger partial charge in [0.05, 0.1) is 48.4 Å². The van der Waals surface area contributed by atoms with Crippen molar-refractivity contribution in [2.24, 2.45) is 0 Å². The van der Waals surface area contributed by atoms with E-state index < -0.39 is 33.2 Å². The van der Waals surface area contributed by atoms with Gasteiger partial charge in [0, 0.05) is 18.7 Å². The second-order valence-corrected chi connectivity index (χ2v) is 12.2. The molecule has 1 aliphatic heterocycles. The Labute approximate surface area is 251 Å². The Hall–Kier alpha value is -3.93. The number of hydrogen-bond acceptors (Lipinski definition) is 7. The van der Waals surface area contributed by atoms with Crippen molar-refractivity contribution in [3.8, 4) is 0 Å². The Balaban J connectivity index is 1.44. The summed E-state index contributed by atoms with van der Waals surface area (Å²) in [4.78, 5) is 10.6. The summed E-state index contributed by atoms with van der Waals surface area (Å²) in [7, 11) is -4.06. The maximum Gasteiger partial charge on any atom is 0.269 e. The monoisotopic (exact) mass is 602 g/mol. The molecule has 43 heavy (non-hydrogen) atoms. The van der Waals surface area contributed by atoms with Gasteiger partial charge in [0.1, 0.15) is 6.10 Å². The van der Waals surface area contributed by atoms with Gasteiger partial charge >= 0.3 is 0 Å². The van der Waals surface area contributed by atoms with E-state index in [1.165, 1.54) is 28.6 Å². The standard InChI is InChI=1S/C33H34N2O7S/c36-35(37)29-16-18-30(19-17-29)43(38,39)34-21-20-32(41-23-27-12-6-2-7-13-27)33(42-24-28-14-8-3-9-15-28)31(34)25-40-22-26-10-4-1-5-11-26/h1-19,31-33H,20-25H2/t31-,32-,33-/m1/s1. The molecule has 1 aliphatic rings. The molecule has 224 valence electrons. The Morgan fingerprint density at radius 2 is 1.23 bits per heavy atom. The van der Waals surface area contributed by atoms with Crippen molar-refractivity contribution in [3.05, 3.63) is 142 Å². The zero-order valence-electron chi connectivity index (χ0n) is 23.6. The summed E-state index contributed by atoms with van der Waals surface area (Å²) < 4.78 is 48.5. The highest BCUT2D eigenvalue weighted by molar-refractivity contribution is 7.89. The zero-order chi connectivity index (χ0) is 30.1. The lowest BCUT2D eigenvalue weighted by molar-refractivity contribution is -0.384. The third kappa shape index (κ3) is 7.92. The number of nitro groups is 1. The summed E-state index contributed by atoms with van der Waals surface area (Å²) >= 11 is 0. The summed E-state index contributed by atoms with van der Waals surface area (Å²) in [5.41, 5.74) is 2.73. The Morgan fingerprint density at radius 3 is 1.77 bits per heavy atom. The molecule has 0 bridgehead atoms. The number of piperidine rings is 1. The summed E-state index contributed by atoms with van der Waals surface area (Å²) in [6.45, 7) is 1.14. The van der Waals surface area contributed by atoms with E-state index in [2.05, 4.69) is 0 Å². The molecule has 4 aromatic carbocycles. The van der Waals surface area contributed by atoms with Crippen LogP contribution in [0, 0.1) is 10.1 Å². The SMILES string of the molecule is O=[N+]([O-])c1ccc(S(=O)(=O)N2CC[C@@H](OCc3ccccc3)[C@H](OCc3ccccc3)[C@H]2COCc2ccccc2)cc1. The molecule has 3 atom stereocenters. The first-order valence-corrected chi connectivity index (χ1v) is 15.5. The fourth-order valence-corrected chi connectivity index (χ4v) is 6.79. The molecule has 9 nitrogen and oxygen atoms in total. The van der Waals surface area contributed by atoms with E-state index in [1.807, 2.05) is 91.0 Å². The van der Waals surface area contributed by atoms with E-state index in [1.54, 1.807) is 0 Å². The lowest BCUT2D eigenvalue weighted by Crippen LogP contribution is -2.59. The minimum Gasteiger partial charge on any atom is -0.375 e. The van der Waals surface area contributed by atoms with Crippen molar-refractivity contribution in [3.63, 3.8) is 0 Å². The Bertz CT molecular complexity index is 1550. The van der Waals surface area contributed by atoms with Crippen LogP contribution >= 0.6 is 0 Å². The molecule has 0 spiro atoms. The van der Waals surface area contributed by atoms with Crippen LogP contribution in [0.5, 0.6) is 0 Å². The molecule has 0 unspecified atom stereocenters. The lowest BCUT2D eigenvalue weighted by atomic mass is 9.98. The van der Waals surface area contributed by atoms with Gasteiger partial charge in [-0.1, -0.05) is 91.0 Å². The number of hydrogen-bond donors (Lipinski definition) is 0. The molecule has 1 saturated heterocycles. The first-order valence-electron chi connectivity index (χ1n) is 14.1. The van der Waals surface area contributed by atoms with Crippen molar-refractivity contribution in [2.45, 2.75) is 49.4 Å². The van der Waals surface area contributed by atoms with Gasteiger partial charge in [0.15, 0.2) is 0 Å². The maximum absolute atomic E-state index is 14.0. The molecule has 0 saturated carbocycles. The fraction of sp³-hybridized carbons (Fsp3) is 0.273. The largest absolute Gasteiger partial charge is 0.375 e. The Kier molecular flexibility index (Phi) is 10.3. The van der Waals surface area contributed by atoms with Crippen LogP contribution in [-0.4, -0.2) is 49.0 Å². The van der Waals surface area contributed by atoms with Crippen molar-refractivity contribution in [1.29, 1.82) is 0 Å². The third-order valence-electron chi connectivity index (χ3n) is 7.40. The number of nitro benzene ring substituents is 1. The number of sulfonamides is 1. The number of non-ortho nitro benzene ring substituents is 1. The van der Waals surface area contributed by atoms with Crippen LogP contribution in [0.3, 0.4) is 0 Å². The van der Waals surface area contributed by atoms with Gasteiger partial charge in [-0.2, -0.15) is 4.31 Å². The van der Waals surface area contributed by atoms with Gasteiger partial charge in [0.2, 0.25) is 10.0 Å². The first kappa shape index (κ1) is 30.5. The molecule has 0 radical (unpaired) electrons. The van der Waals surface area contributed by atoms with Crippen molar-refractivity contribution in [2.75, 3.05) is 13.2 Å². The van der Waals surface area contributed by atoms with Gasteiger partial charge in [-0.25, -0.2) is 8.42 Å². The van der Waals surface area contributed by atoms with E-state index in [9.17, 15) is 18.5 Å². The predicted octanol–water partition coefficient (Wildman–Crippen LogP) is 5.75. The minimum atomic E-state index is -4.06. The third-order valence-corrected chi connectivity index (χ3v) is 9.33. The van der Waals surface area contributed by atoms with Crippen LogP contribution in [0.25, 0.3) is 0 Å². The summed E-state index contributed by atoms with van der Waals surface area (Å²) in [5.74, 6) is 0. The van der Waals surface area contributed by atoms with Crippen LogP contribution in [0.15, 0.2) is 120 Å². The molecule has 4 aromatic rings. The van der Waals surface area contributed by atoms with E-state index >= 15 is 0 Å². The summed E-state index contributed by atoms with van der Waals surface area (Å²) in [6, 6.07) is 33.4. The summed E-state index contributed by atoms with van der Waals surface area (Å²) in [5, 5.41) is 11.2. The Morgan fingerprint density at radius 1 is 0.721 bits per heavy atom. The highest BCUT2D eigenvalue weighted by Gasteiger charge is 2.45. The van der Waals surface area contributed by atoms with Gasteiger partial charge in [-0.05, 0) is 35.2 Å². The number of ether oxygens (including phenoxy) is 3. The molecule has 0 aromatic heterocycles. The molecule has 0 N–H and O–H groups in total. The summed E-state index contributed by atoms with van der Waals surface area (Å²) in [6.07, 6.45) is -0.660. The highest BCUT2D eigenvalue weighted by atomic mass is 32.2. The second-order valence-electron chi connectivity index (χ2n) is 10.3. The molecule has 1 heterocycles. The normalized spacial score (nSPS) is 19.2. The van der Waals surface area contributed by atoms with E-state index in [-0.39, 0.29) is 30.3 Å². The lowest BCUT2D eigenvalue weighted by Gasteiger charge is -2.44. The first-order chi connectivity index (χ1) is 20.9. The van der Waals surface area contributed by atoms with Gasteiger partial charge in [-0.3, -0.25) is 10.1 Å². The van der Waals surface area contributed by atoms with Crippen molar-refractivity contribution >= 4 is 15.7 Å². The zero-order valence-corrected chi connectivity index (χ0v) is 24.4. The average Bonchev–Trinajstić information content (AvgIpc) is 3.04. The van der Waals surface area contributed by atoms with E-state index in [0.717, 1.165) is 16.7 Å². The molecule has 0 aliphatic carbocycles. The van der Waals surface area contributed by atoms with E-state index in [0.29, 0.717) is 19.6 Å². The highest BCUT2D eigenvalue weighted by Crippen LogP contribution is 2.31. The average molecular weight is 603 g/mol. The van der Waals surface area contributed by atoms with Crippen molar-refractivity contribution in [1.82, 2.24) is 4.31 Å². The molecular formula is C33H34N2O7S. The predicted molar refractivity (Wildman–Crippen MR) is 162 cm³/mol. The van der Waals surface area contributed by atoms with Crippen LogP contribution < -0.4 is 0 Å². The molecular weight excluding hydrogens is 568 g/mol. The van der Waals surface area contributed by atoms with Crippen LogP contribution in [0.1, 0.15) is 23.1 Å². The van der Waals surface area contributed by atoms with Crippen LogP contribution in [0.4, 0.5) is 5.69 Å². The quantitative estimate of drug-likeness (QED) is 0.142. The number of benzene rings is 4. The van der Waals surface area contributed by atoms with Gasteiger partial charge < -0.3 is 14.2 Å². The molecule has 10 heteroatoms. The van der Waals surface area contributed by atoms with Crippen LogP contribution in [0.2, 0.25) is 0 Å². The maximum atomic E-state index is 14.0. The molecule has 0 amide bonds.